The first-order chi connectivity index (χ1) is 9.55. The number of ether oxygens (including phenoxy) is 1. The van der Waals surface area contributed by atoms with E-state index < -0.39 is 5.41 Å². The Morgan fingerprint density at radius 3 is 3.10 bits per heavy atom. The highest BCUT2D eigenvalue weighted by atomic mass is 35.5. The van der Waals surface area contributed by atoms with E-state index in [1.54, 1.807) is 6.07 Å². The van der Waals surface area contributed by atoms with Crippen molar-refractivity contribution in [3.63, 3.8) is 0 Å². The summed E-state index contributed by atoms with van der Waals surface area (Å²) >= 11 is 5.92. The standard InChI is InChI=1S/C13H17ClN4O2/c1-20-11(19)13-4-2-3-8(13)6-18(7-13)10-5-9(14)16-12(15)17-10/h5,8H,2-4,6-7H2,1H3,(H2,15,16,17). The normalized spacial score (nSPS) is 28.5. The van der Waals surface area contributed by atoms with Crippen LogP contribution in [0.5, 0.6) is 0 Å². The zero-order chi connectivity index (χ0) is 14.3. The van der Waals surface area contributed by atoms with Crippen molar-refractivity contribution in [3.8, 4) is 0 Å². The van der Waals surface area contributed by atoms with Crippen LogP contribution in [0.4, 0.5) is 11.8 Å². The van der Waals surface area contributed by atoms with Gasteiger partial charge in [-0.3, -0.25) is 4.79 Å². The molecule has 1 aromatic rings. The van der Waals surface area contributed by atoms with Gasteiger partial charge in [0.1, 0.15) is 11.0 Å². The van der Waals surface area contributed by atoms with E-state index >= 15 is 0 Å². The summed E-state index contributed by atoms with van der Waals surface area (Å²) in [5.74, 6) is 1.03. The number of halogens is 1. The average molecular weight is 297 g/mol. The van der Waals surface area contributed by atoms with Gasteiger partial charge in [0.25, 0.3) is 0 Å². The number of nitrogens with two attached hydrogens (primary N) is 1. The van der Waals surface area contributed by atoms with Crippen LogP contribution in [0.1, 0.15) is 19.3 Å². The van der Waals surface area contributed by atoms with Gasteiger partial charge in [0.2, 0.25) is 5.95 Å². The fraction of sp³-hybridized carbons (Fsp3) is 0.615. The minimum absolute atomic E-state index is 0.115. The number of nitrogen functional groups attached to an aromatic ring is 1. The number of carbonyl (C=O) groups is 1. The van der Waals surface area contributed by atoms with E-state index in [4.69, 9.17) is 22.1 Å². The summed E-state index contributed by atoms with van der Waals surface area (Å²) in [6.07, 6.45) is 2.98. The molecule has 2 atom stereocenters. The second-order valence-electron chi connectivity index (χ2n) is 5.52. The molecule has 1 saturated carbocycles. The fourth-order valence-corrected chi connectivity index (χ4v) is 3.77. The SMILES string of the molecule is COC(=O)C12CCCC1CN(c1cc(Cl)nc(N)n1)C2. The lowest BCUT2D eigenvalue weighted by Gasteiger charge is -2.25. The van der Waals surface area contributed by atoms with E-state index in [0.717, 1.165) is 25.8 Å². The number of hydrogen-bond acceptors (Lipinski definition) is 6. The second-order valence-corrected chi connectivity index (χ2v) is 5.91. The molecule has 20 heavy (non-hydrogen) atoms. The van der Waals surface area contributed by atoms with Crippen molar-refractivity contribution in [2.75, 3.05) is 30.8 Å². The number of methoxy groups -OCH3 is 1. The predicted molar refractivity (Wildman–Crippen MR) is 75.5 cm³/mol. The minimum Gasteiger partial charge on any atom is -0.469 e. The van der Waals surface area contributed by atoms with Crippen LogP contribution in [-0.2, 0) is 9.53 Å². The molecule has 0 bridgehead atoms. The van der Waals surface area contributed by atoms with Gasteiger partial charge in [-0.15, -0.1) is 0 Å². The van der Waals surface area contributed by atoms with Crippen LogP contribution in [0.15, 0.2) is 6.07 Å². The molecule has 0 spiro atoms. The molecule has 2 aliphatic rings. The summed E-state index contributed by atoms with van der Waals surface area (Å²) < 4.78 is 5.02. The monoisotopic (exact) mass is 296 g/mol. The molecule has 1 aromatic heterocycles. The zero-order valence-corrected chi connectivity index (χ0v) is 12.1. The van der Waals surface area contributed by atoms with Crippen LogP contribution in [0, 0.1) is 11.3 Å². The first kappa shape index (κ1) is 13.4. The molecule has 6 nitrogen and oxygen atoms in total. The molecule has 2 unspecified atom stereocenters. The van der Waals surface area contributed by atoms with Crippen LogP contribution in [-0.4, -0.2) is 36.1 Å². The van der Waals surface area contributed by atoms with E-state index in [9.17, 15) is 4.79 Å². The molecule has 108 valence electrons. The number of esters is 1. The van der Waals surface area contributed by atoms with Gasteiger partial charge in [0.15, 0.2) is 0 Å². The summed E-state index contributed by atoms with van der Waals surface area (Å²) in [4.78, 5) is 22.3. The van der Waals surface area contributed by atoms with Crippen LogP contribution in [0.25, 0.3) is 0 Å². The first-order valence-electron chi connectivity index (χ1n) is 6.68. The molecular formula is C13H17ClN4O2. The fourth-order valence-electron chi connectivity index (χ4n) is 3.59. The molecule has 0 amide bonds. The molecule has 1 aliphatic heterocycles. The lowest BCUT2D eigenvalue weighted by molar-refractivity contribution is -0.152. The maximum Gasteiger partial charge on any atom is 0.313 e. The zero-order valence-electron chi connectivity index (χ0n) is 11.3. The molecule has 2 fully saturated rings. The smallest absolute Gasteiger partial charge is 0.313 e. The minimum atomic E-state index is -0.402. The van der Waals surface area contributed by atoms with Crippen molar-refractivity contribution in [2.45, 2.75) is 19.3 Å². The lowest BCUT2D eigenvalue weighted by atomic mass is 9.81. The third-order valence-electron chi connectivity index (χ3n) is 4.49. The number of carbonyl (C=O) groups excluding carboxylic acids is 1. The highest BCUT2D eigenvalue weighted by Crippen LogP contribution is 2.50. The molecular weight excluding hydrogens is 280 g/mol. The van der Waals surface area contributed by atoms with Crippen LogP contribution in [0.3, 0.4) is 0 Å². The van der Waals surface area contributed by atoms with Gasteiger partial charge in [-0.2, -0.15) is 4.98 Å². The molecule has 2 N–H and O–H groups in total. The summed E-state index contributed by atoms with van der Waals surface area (Å²) in [7, 11) is 1.45. The van der Waals surface area contributed by atoms with Gasteiger partial charge in [-0.05, 0) is 18.8 Å². The Bertz CT molecular complexity index is 533. The van der Waals surface area contributed by atoms with Crippen molar-refractivity contribution in [3.05, 3.63) is 11.2 Å². The van der Waals surface area contributed by atoms with Crippen molar-refractivity contribution < 1.29 is 9.53 Å². The maximum atomic E-state index is 12.2. The Balaban J connectivity index is 1.90. The van der Waals surface area contributed by atoms with Gasteiger partial charge >= 0.3 is 5.97 Å². The Morgan fingerprint density at radius 1 is 1.60 bits per heavy atom. The first-order valence-corrected chi connectivity index (χ1v) is 7.06. The van der Waals surface area contributed by atoms with Crippen LogP contribution >= 0.6 is 11.6 Å². The molecule has 1 aliphatic carbocycles. The van der Waals surface area contributed by atoms with E-state index in [1.165, 1.54) is 7.11 Å². The van der Waals surface area contributed by atoms with Crippen molar-refractivity contribution >= 4 is 29.3 Å². The van der Waals surface area contributed by atoms with Crippen molar-refractivity contribution in [1.29, 1.82) is 0 Å². The Kier molecular flexibility index (Phi) is 3.20. The lowest BCUT2D eigenvalue weighted by Crippen LogP contribution is -2.37. The quantitative estimate of drug-likeness (QED) is 0.658. The Morgan fingerprint density at radius 2 is 2.40 bits per heavy atom. The molecule has 0 radical (unpaired) electrons. The molecule has 7 heteroatoms. The maximum absolute atomic E-state index is 12.2. The number of nitrogens with zero attached hydrogens (tertiary/aromatic N) is 3. The van der Waals surface area contributed by atoms with Gasteiger partial charge in [0, 0.05) is 19.2 Å². The third kappa shape index (κ3) is 1.98. The van der Waals surface area contributed by atoms with Crippen LogP contribution < -0.4 is 10.6 Å². The summed E-state index contributed by atoms with van der Waals surface area (Å²) in [5.41, 5.74) is 5.23. The van der Waals surface area contributed by atoms with Gasteiger partial charge in [-0.1, -0.05) is 18.0 Å². The van der Waals surface area contributed by atoms with Gasteiger partial charge in [0.05, 0.1) is 12.5 Å². The van der Waals surface area contributed by atoms with Crippen LogP contribution in [0.2, 0.25) is 5.15 Å². The Hall–Kier alpha value is -1.56. The molecule has 1 saturated heterocycles. The summed E-state index contributed by atoms with van der Waals surface area (Å²) in [5, 5.41) is 0.316. The largest absolute Gasteiger partial charge is 0.469 e. The average Bonchev–Trinajstić information content (AvgIpc) is 2.93. The molecule has 0 aromatic carbocycles. The van der Waals surface area contributed by atoms with Gasteiger partial charge in [-0.25, -0.2) is 4.98 Å². The number of anilines is 2. The number of aromatic nitrogens is 2. The van der Waals surface area contributed by atoms with E-state index in [2.05, 4.69) is 14.9 Å². The highest BCUT2D eigenvalue weighted by molar-refractivity contribution is 6.29. The molecule has 3 rings (SSSR count). The third-order valence-corrected chi connectivity index (χ3v) is 4.68. The topological polar surface area (TPSA) is 81.3 Å². The van der Waals surface area contributed by atoms with E-state index in [0.29, 0.717) is 23.4 Å². The van der Waals surface area contributed by atoms with Crippen molar-refractivity contribution in [2.24, 2.45) is 11.3 Å². The Labute approximate surface area is 122 Å². The predicted octanol–water partition coefficient (Wildman–Crippen LogP) is 1.49. The van der Waals surface area contributed by atoms with E-state index in [1.807, 2.05) is 0 Å². The number of rotatable bonds is 2. The second kappa shape index (κ2) is 4.77. The summed E-state index contributed by atoms with van der Waals surface area (Å²) in [6.45, 7) is 1.39. The molecule has 2 heterocycles. The highest BCUT2D eigenvalue weighted by Gasteiger charge is 2.55. The van der Waals surface area contributed by atoms with E-state index in [-0.39, 0.29) is 11.9 Å². The number of fused-ring (bicyclic) bond motifs is 1. The van der Waals surface area contributed by atoms with Crippen molar-refractivity contribution in [1.82, 2.24) is 9.97 Å². The van der Waals surface area contributed by atoms with Gasteiger partial charge < -0.3 is 15.4 Å². The summed E-state index contributed by atoms with van der Waals surface area (Å²) in [6, 6.07) is 1.68. The number of hydrogen-bond donors (Lipinski definition) is 1.